The summed E-state index contributed by atoms with van der Waals surface area (Å²) in [6, 6.07) is 17.7. The van der Waals surface area contributed by atoms with Crippen molar-refractivity contribution in [1.82, 2.24) is 29.7 Å². The lowest BCUT2D eigenvalue weighted by molar-refractivity contribution is 0.0632. The molecule has 6 aliphatic rings. The lowest BCUT2D eigenvalue weighted by Gasteiger charge is -2.44. The van der Waals surface area contributed by atoms with Gasteiger partial charge in [-0.05, 0) is 169 Å². The van der Waals surface area contributed by atoms with Gasteiger partial charge in [0.1, 0.15) is 5.02 Å². The number of hydrogen-bond donors (Lipinski definition) is 4. The maximum atomic E-state index is 9.50. The monoisotopic (exact) mass is 908 g/mol. The number of hydrogen-bond acceptors (Lipinski definition) is 12. The van der Waals surface area contributed by atoms with Crippen LogP contribution in [-0.4, -0.2) is 81.1 Å². The number of nitrogens with two attached hydrogens (primary N) is 1. The van der Waals surface area contributed by atoms with Gasteiger partial charge in [0.25, 0.3) is 0 Å². The van der Waals surface area contributed by atoms with Crippen LogP contribution in [0, 0.1) is 34.5 Å². The van der Waals surface area contributed by atoms with Gasteiger partial charge in [-0.2, -0.15) is 20.5 Å². The van der Waals surface area contributed by atoms with E-state index in [4.69, 9.17) is 40.5 Å². The molecular weight excluding hydrogens is 851 g/mol. The van der Waals surface area contributed by atoms with E-state index >= 15 is 0 Å². The minimum absolute atomic E-state index is 0.194. The number of nitriles is 2. The van der Waals surface area contributed by atoms with Crippen LogP contribution in [0.2, 0.25) is 15.2 Å². The Kier molecular flexibility index (Phi) is 15.5. The molecule has 15 heteroatoms. The van der Waals surface area contributed by atoms with Crippen LogP contribution >= 0.6 is 34.8 Å². The van der Waals surface area contributed by atoms with Gasteiger partial charge in [-0.3, -0.25) is 0 Å². The Bertz CT molecular complexity index is 2260. The van der Waals surface area contributed by atoms with E-state index in [0.717, 1.165) is 66.0 Å². The third-order valence-corrected chi connectivity index (χ3v) is 14.6. The summed E-state index contributed by atoms with van der Waals surface area (Å²) in [5.74, 6) is 4.03. The van der Waals surface area contributed by atoms with Crippen molar-refractivity contribution in [3.8, 4) is 12.1 Å². The summed E-state index contributed by atoms with van der Waals surface area (Å²) < 4.78 is 0. The van der Waals surface area contributed by atoms with Crippen molar-refractivity contribution in [2.24, 2.45) is 17.6 Å². The Morgan fingerprint density at radius 3 is 1.65 bits per heavy atom. The largest absolute Gasteiger partial charge is 0.368 e. The number of nitrogens with one attached hydrogen (secondary N) is 3. The zero-order chi connectivity index (χ0) is 43.7. The number of piperidine rings is 4. The second-order valence-corrected chi connectivity index (χ2v) is 19.1. The van der Waals surface area contributed by atoms with Crippen LogP contribution in [0.25, 0.3) is 0 Å². The predicted molar refractivity (Wildman–Crippen MR) is 253 cm³/mol. The third kappa shape index (κ3) is 11.9. The number of anilines is 5. The molecule has 4 aliphatic heterocycles. The number of rotatable bonds is 10. The molecule has 2 aromatic carbocycles. The molecule has 0 spiro atoms. The summed E-state index contributed by atoms with van der Waals surface area (Å²) in [5.41, 5.74) is 11.0. The standard InChI is InChI=1S/C24H29ClN6.C14H10Cl2N4.C10H20N2/c25-21-15-28-24(29-19-8-9-20(16-6-7-16)18(12-19)13-26)30-23(21)27-14-17-4-3-11-31-10-2-1-5-22(17)31;15-12-7-18-14(20-13(12)16)19-10-3-4-11(8-1-2-8)9(5-10)6-17;11-8-9-4-3-7-12-6-2-1-5-10(9)12/h8-9,12,15-17,22H,1-7,10-11,14H2,(H2,27,28,29,30);3-5,7-8H,1-2H2,(H,18,19,20);9-10H,1-8,11H2/t17-,22+;;9-,10+/m0.0/s1. The molecular formula is C48H59Cl3N12. The lowest BCUT2D eigenvalue weighted by Crippen LogP contribution is -2.49. The summed E-state index contributed by atoms with van der Waals surface area (Å²) in [6.07, 6.45) is 21.2. The molecule has 5 N–H and O–H groups in total. The van der Waals surface area contributed by atoms with Gasteiger partial charge in [-0.25, -0.2) is 9.97 Å². The van der Waals surface area contributed by atoms with Crippen LogP contribution in [0.4, 0.5) is 29.1 Å². The number of benzene rings is 2. The Morgan fingerprint density at radius 1 is 0.619 bits per heavy atom. The molecule has 0 radical (unpaired) electrons. The van der Waals surface area contributed by atoms with Crippen molar-refractivity contribution in [2.75, 3.05) is 55.2 Å². The molecule has 6 heterocycles. The summed E-state index contributed by atoms with van der Waals surface area (Å²) >= 11 is 18.0. The van der Waals surface area contributed by atoms with Crippen molar-refractivity contribution < 1.29 is 0 Å². The van der Waals surface area contributed by atoms with Gasteiger partial charge in [0.2, 0.25) is 11.9 Å². The van der Waals surface area contributed by atoms with Gasteiger partial charge in [-0.1, -0.05) is 59.8 Å². The van der Waals surface area contributed by atoms with Gasteiger partial charge in [0.15, 0.2) is 11.0 Å². The van der Waals surface area contributed by atoms with E-state index in [1.807, 2.05) is 30.3 Å². The second kappa shape index (κ2) is 21.6. The van der Waals surface area contributed by atoms with E-state index in [9.17, 15) is 10.5 Å². The summed E-state index contributed by atoms with van der Waals surface area (Å²) in [4.78, 5) is 22.4. The van der Waals surface area contributed by atoms with Gasteiger partial charge in [0, 0.05) is 30.0 Å². The molecule has 0 unspecified atom stereocenters. The van der Waals surface area contributed by atoms with Crippen LogP contribution < -0.4 is 21.7 Å². The fourth-order valence-electron chi connectivity index (χ4n) is 10.1. The van der Waals surface area contributed by atoms with Gasteiger partial charge >= 0.3 is 0 Å². The molecule has 2 aromatic heterocycles. The zero-order valence-corrected chi connectivity index (χ0v) is 38.3. The van der Waals surface area contributed by atoms with E-state index in [1.54, 1.807) is 12.3 Å². The summed E-state index contributed by atoms with van der Waals surface area (Å²) in [7, 11) is 0. The smallest absolute Gasteiger partial charge is 0.229 e. The number of aromatic nitrogens is 4. The van der Waals surface area contributed by atoms with Crippen molar-refractivity contribution in [3.63, 3.8) is 0 Å². The minimum Gasteiger partial charge on any atom is -0.368 e. The molecule has 332 valence electrons. The highest BCUT2D eigenvalue weighted by Gasteiger charge is 2.34. The molecule has 12 nitrogen and oxygen atoms in total. The lowest BCUT2D eigenvalue weighted by atomic mass is 9.83. The predicted octanol–water partition coefficient (Wildman–Crippen LogP) is 10.8. The van der Waals surface area contributed by atoms with Crippen molar-refractivity contribution in [1.29, 1.82) is 10.5 Å². The topological polar surface area (TPSA) is 168 Å². The Hall–Kier alpha value is -4.27. The second-order valence-electron chi connectivity index (χ2n) is 18.0. The first-order chi connectivity index (χ1) is 30.8. The van der Waals surface area contributed by atoms with Gasteiger partial charge in [0.05, 0.1) is 40.7 Å². The van der Waals surface area contributed by atoms with E-state index < -0.39 is 0 Å². The molecule has 0 bridgehead atoms. The van der Waals surface area contributed by atoms with Crippen LogP contribution in [0.1, 0.15) is 124 Å². The van der Waals surface area contributed by atoms with Crippen LogP contribution in [0.15, 0.2) is 48.8 Å². The van der Waals surface area contributed by atoms with Crippen LogP contribution in [-0.2, 0) is 0 Å². The first kappa shape index (κ1) is 45.3. The van der Waals surface area contributed by atoms with Gasteiger partial charge in [-0.15, -0.1) is 0 Å². The summed E-state index contributed by atoms with van der Waals surface area (Å²) in [6.45, 7) is 6.94. The SMILES string of the molecule is N#Cc1cc(Nc2ncc(Cl)c(Cl)n2)ccc1C1CC1.N#Cc1cc(Nc2ncc(Cl)c(NC[C@@H]3CCCN4CCCC[C@H]34)n2)ccc1C1CC1.NC[C@@H]1CCCN2CCCC[C@H]12. The molecule has 2 aliphatic carbocycles. The quantitative estimate of drug-likeness (QED) is 0.111. The fourth-order valence-corrected chi connectivity index (χ4v) is 10.5. The van der Waals surface area contributed by atoms with Crippen LogP contribution in [0.5, 0.6) is 0 Å². The fraction of sp³-hybridized carbons (Fsp3) is 0.542. The summed E-state index contributed by atoms with van der Waals surface area (Å²) in [5, 5.41) is 29.5. The number of fused-ring (bicyclic) bond motifs is 2. The van der Waals surface area contributed by atoms with Crippen molar-refractivity contribution in [3.05, 3.63) is 86.2 Å². The molecule has 10 rings (SSSR count). The molecule has 63 heavy (non-hydrogen) atoms. The molecule has 4 saturated heterocycles. The maximum Gasteiger partial charge on any atom is 0.229 e. The number of halogens is 3. The first-order valence-corrected chi connectivity index (χ1v) is 24.2. The molecule has 6 fully saturated rings. The van der Waals surface area contributed by atoms with E-state index in [2.05, 4.69) is 57.8 Å². The third-order valence-electron chi connectivity index (χ3n) is 13.6. The number of nitrogens with zero attached hydrogens (tertiary/aromatic N) is 8. The molecule has 2 saturated carbocycles. The van der Waals surface area contributed by atoms with Gasteiger partial charge < -0.3 is 31.5 Å². The van der Waals surface area contributed by atoms with E-state index in [1.165, 1.54) is 109 Å². The average Bonchev–Trinajstić information content (AvgIpc) is 4.27. The first-order valence-electron chi connectivity index (χ1n) is 23.0. The Balaban J connectivity index is 0.000000145. The normalized spacial score (nSPS) is 23.2. The Morgan fingerprint density at radius 2 is 1.13 bits per heavy atom. The minimum atomic E-state index is 0.194. The Labute approximate surface area is 387 Å². The van der Waals surface area contributed by atoms with E-state index in [-0.39, 0.29) is 5.15 Å². The van der Waals surface area contributed by atoms with Crippen LogP contribution in [0.3, 0.4) is 0 Å². The molecule has 4 aromatic rings. The molecule has 4 atom stereocenters. The molecule has 0 amide bonds. The van der Waals surface area contributed by atoms with Crippen molar-refractivity contribution in [2.45, 2.75) is 114 Å². The highest BCUT2D eigenvalue weighted by Crippen LogP contribution is 2.43. The van der Waals surface area contributed by atoms with Crippen molar-refractivity contribution >= 4 is 63.9 Å². The zero-order valence-electron chi connectivity index (χ0n) is 36.0. The maximum absolute atomic E-state index is 9.50. The average molecular weight is 910 g/mol. The van der Waals surface area contributed by atoms with E-state index in [0.29, 0.717) is 57.1 Å². The highest BCUT2D eigenvalue weighted by atomic mass is 35.5. The highest BCUT2D eigenvalue weighted by molar-refractivity contribution is 6.41.